The predicted molar refractivity (Wildman–Crippen MR) is 95.8 cm³/mol. The van der Waals surface area contributed by atoms with Crippen LogP contribution in [0.4, 0.5) is 0 Å². The van der Waals surface area contributed by atoms with Crippen LogP contribution in [0, 0.1) is 0 Å². The van der Waals surface area contributed by atoms with Gasteiger partial charge in [-0.05, 0) is 48.4 Å². The van der Waals surface area contributed by atoms with E-state index in [1.54, 1.807) is 30.5 Å². The molecular weight excluding hydrogens is 320 g/mol. The fourth-order valence-corrected chi connectivity index (χ4v) is 4.24. The molecule has 2 heterocycles. The van der Waals surface area contributed by atoms with Crippen LogP contribution in [0.3, 0.4) is 0 Å². The summed E-state index contributed by atoms with van der Waals surface area (Å²) in [4.78, 5) is 7.97. The van der Waals surface area contributed by atoms with Crippen molar-refractivity contribution < 1.29 is 8.42 Å². The van der Waals surface area contributed by atoms with Gasteiger partial charge >= 0.3 is 0 Å². The normalized spacial score (nSPS) is 12.0. The Morgan fingerprint density at radius 3 is 2.58 bits per heavy atom. The maximum Gasteiger partial charge on any atom is 0.178 e. The van der Waals surface area contributed by atoms with E-state index in [-0.39, 0.29) is 5.75 Å². The third-order valence-electron chi connectivity index (χ3n) is 4.20. The standard InChI is InChI=1S/C19H16N2O2S/c22-24(23,15-5-2-1-3-6-15)12-10-14-8-9-18-17(13-14)16-7-4-11-20-19(16)21-18/h1-9,11,13H,10,12H2,(H,20,21). The molecule has 2 aromatic heterocycles. The first-order valence-electron chi connectivity index (χ1n) is 7.77. The zero-order chi connectivity index (χ0) is 16.6. The van der Waals surface area contributed by atoms with Crippen molar-refractivity contribution >= 4 is 31.8 Å². The highest BCUT2D eigenvalue weighted by Gasteiger charge is 2.14. The molecular formula is C19H16N2O2S. The number of aromatic amines is 1. The highest BCUT2D eigenvalue weighted by Crippen LogP contribution is 2.25. The quantitative estimate of drug-likeness (QED) is 0.617. The van der Waals surface area contributed by atoms with E-state index in [2.05, 4.69) is 16.0 Å². The first kappa shape index (κ1) is 14.9. The number of sulfone groups is 1. The first-order valence-corrected chi connectivity index (χ1v) is 9.42. The Labute approximate surface area is 140 Å². The van der Waals surface area contributed by atoms with Gasteiger partial charge in [0.2, 0.25) is 0 Å². The van der Waals surface area contributed by atoms with Crippen LogP contribution in [0.2, 0.25) is 0 Å². The largest absolute Gasteiger partial charge is 0.339 e. The Hall–Kier alpha value is -2.66. The van der Waals surface area contributed by atoms with Crippen molar-refractivity contribution in [2.75, 3.05) is 5.75 Å². The average molecular weight is 336 g/mol. The summed E-state index contributed by atoms with van der Waals surface area (Å²) >= 11 is 0. The first-order chi connectivity index (χ1) is 11.6. The molecule has 5 heteroatoms. The van der Waals surface area contributed by atoms with Gasteiger partial charge < -0.3 is 4.98 Å². The Balaban J connectivity index is 1.64. The molecule has 4 aromatic rings. The Kier molecular flexibility index (Phi) is 3.58. The minimum atomic E-state index is -3.26. The average Bonchev–Trinajstić information content (AvgIpc) is 2.99. The number of fused-ring (bicyclic) bond motifs is 3. The molecule has 4 nitrogen and oxygen atoms in total. The van der Waals surface area contributed by atoms with E-state index in [9.17, 15) is 8.42 Å². The second kappa shape index (κ2) is 5.76. The lowest BCUT2D eigenvalue weighted by Crippen LogP contribution is -2.09. The van der Waals surface area contributed by atoms with Crippen LogP contribution in [0.25, 0.3) is 21.9 Å². The highest BCUT2D eigenvalue weighted by molar-refractivity contribution is 7.91. The number of aryl methyl sites for hydroxylation is 1. The number of hydrogen-bond acceptors (Lipinski definition) is 3. The van der Waals surface area contributed by atoms with Crippen molar-refractivity contribution in [3.63, 3.8) is 0 Å². The van der Waals surface area contributed by atoms with Crippen LogP contribution in [-0.4, -0.2) is 24.1 Å². The number of aromatic nitrogens is 2. The molecule has 0 atom stereocenters. The van der Waals surface area contributed by atoms with Crippen LogP contribution in [0.15, 0.2) is 71.8 Å². The molecule has 0 aliphatic rings. The van der Waals surface area contributed by atoms with Crippen LogP contribution < -0.4 is 0 Å². The van der Waals surface area contributed by atoms with E-state index in [1.807, 2.05) is 30.3 Å². The summed E-state index contributed by atoms with van der Waals surface area (Å²) in [5, 5.41) is 2.13. The molecule has 0 bridgehead atoms. The number of rotatable bonds is 4. The van der Waals surface area contributed by atoms with Crippen molar-refractivity contribution in [2.24, 2.45) is 0 Å². The molecule has 0 aliphatic carbocycles. The van der Waals surface area contributed by atoms with Crippen molar-refractivity contribution in [2.45, 2.75) is 11.3 Å². The number of benzene rings is 2. The summed E-state index contributed by atoms with van der Waals surface area (Å²) in [6, 6.07) is 18.5. The molecule has 2 aromatic carbocycles. The third-order valence-corrected chi connectivity index (χ3v) is 5.93. The van der Waals surface area contributed by atoms with E-state index in [4.69, 9.17) is 0 Å². The molecule has 0 amide bonds. The zero-order valence-corrected chi connectivity index (χ0v) is 13.8. The zero-order valence-electron chi connectivity index (χ0n) is 12.9. The molecule has 0 radical (unpaired) electrons. The van der Waals surface area contributed by atoms with Crippen molar-refractivity contribution in [1.29, 1.82) is 0 Å². The minimum Gasteiger partial charge on any atom is -0.339 e. The van der Waals surface area contributed by atoms with Gasteiger partial charge in [-0.1, -0.05) is 24.3 Å². The van der Waals surface area contributed by atoms with Gasteiger partial charge in [0.1, 0.15) is 5.65 Å². The molecule has 120 valence electrons. The van der Waals surface area contributed by atoms with Gasteiger partial charge in [0.25, 0.3) is 0 Å². The summed E-state index contributed by atoms with van der Waals surface area (Å²) in [6.45, 7) is 0. The van der Waals surface area contributed by atoms with Gasteiger partial charge in [0.15, 0.2) is 9.84 Å². The van der Waals surface area contributed by atoms with Gasteiger partial charge in [0, 0.05) is 22.5 Å². The lowest BCUT2D eigenvalue weighted by Gasteiger charge is -2.05. The van der Waals surface area contributed by atoms with Gasteiger partial charge in [-0.2, -0.15) is 0 Å². The smallest absolute Gasteiger partial charge is 0.178 e. The summed E-state index contributed by atoms with van der Waals surface area (Å²) < 4.78 is 24.8. The SMILES string of the molecule is O=S(=O)(CCc1ccc2[nH]c3ncccc3c2c1)c1ccccc1. The van der Waals surface area contributed by atoms with Crippen molar-refractivity contribution in [3.8, 4) is 0 Å². The fraction of sp³-hybridized carbons (Fsp3) is 0.105. The van der Waals surface area contributed by atoms with Crippen LogP contribution >= 0.6 is 0 Å². The van der Waals surface area contributed by atoms with E-state index in [1.165, 1.54) is 0 Å². The van der Waals surface area contributed by atoms with Crippen LogP contribution in [-0.2, 0) is 16.3 Å². The predicted octanol–water partition coefficient (Wildman–Crippen LogP) is 3.73. The summed E-state index contributed by atoms with van der Waals surface area (Å²) in [7, 11) is -3.26. The maximum absolute atomic E-state index is 12.4. The van der Waals surface area contributed by atoms with Crippen molar-refractivity contribution in [3.05, 3.63) is 72.4 Å². The lowest BCUT2D eigenvalue weighted by molar-refractivity contribution is 0.595. The molecule has 24 heavy (non-hydrogen) atoms. The number of nitrogens with one attached hydrogen (secondary N) is 1. The van der Waals surface area contributed by atoms with E-state index in [0.717, 1.165) is 27.5 Å². The van der Waals surface area contributed by atoms with Crippen molar-refractivity contribution in [1.82, 2.24) is 9.97 Å². The van der Waals surface area contributed by atoms with Gasteiger partial charge in [-0.3, -0.25) is 0 Å². The lowest BCUT2D eigenvalue weighted by atomic mass is 10.1. The highest BCUT2D eigenvalue weighted by atomic mass is 32.2. The van der Waals surface area contributed by atoms with E-state index < -0.39 is 9.84 Å². The van der Waals surface area contributed by atoms with E-state index >= 15 is 0 Å². The molecule has 1 N–H and O–H groups in total. The van der Waals surface area contributed by atoms with Gasteiger partial charge in [-0.15, -0.1) is 0 Å². The molecule has 0 unspecified atom stereocenters. The summed E-state index contributed by atoms with van der Waals surface area (Å²) in [5.74, 6) is 0.100. The molecule has 0 saturated carbocycles. The Morgan fingerprint density at radius 2 is 1.75 bits per heavy atom. The Morgan fingerprint density at radius 1 is 0.917 bits per heavy atom. The van der Waals surface area contributed by atoms with Crippen LogP contribution in [0.1, 0.15) is 5.56 Å². The molecule has 0 aliphatic heterocycles. The fourth-order valence-electron chi connectivity index (χ4n) is 2.93. The molecule has 4 rings (SSSR count). The van der Waals surface area contributed by atoms with E-state index in [0.29, 0.717) is 11.3 Å². The second-order valence-corrected chi connectivity index (χ2v) is 7.90. The molecule has 0 saturated heterocycles. The summed E-state index contributed by atoms with van der Waals surface area (Å²) in [6.07, 6.45) is 2.24. The topological polar surface area (TPSA) is 62.8 Å². The number of nitrogens with zero attached hydrogens (tertiary/aromatic N) is 1. The maximum atomic E-state index is 12.4. The minimum absolute atomic E-state index is 0.100. The number of hydrogen-bond donors (Lipinski definition) is 1. The molecule has 0 fully saturated rings. The third kappa shape index (κ3) is 2.67. The number of H-pyrrole nitrogens is 1. The molecule has 0 spiro atoms. The van der Waals surface area contributed by atoms with Gasteiger partial charge in [-0.25, -0.2) is 13.4 Å². The Bertz CT molecular complexity index is 1120. The second-order valence-electron chi connectivity index (χ2n) is 5.79. The van der Waals surface area contributed by atoms with Crippen LogP contribution in [0.5, 0.6) is 0 Å². The monoisotopic (exact) mass is 336 g/mol. The van der Waals surface area contributed by atoms with Gasteiger partial charge in [0.05, 0.1) is 10.6 Å². The summed E-state index contributed by atoms with van der Waals surface area (Å²) in [5.41, 5.74) is 2.87. The number of pyridine rings is 1.